The lowest BCUT2D eigenvalue weighted by molar-refractivity contribution is 0.460. The van der Waals surface area contributed by atoms with Crippen molar-refractivity contribution in [3.8, 4) is 11.6 Å². The summed E-state index contributed by atoms with van der Waals surface area (Å²) in [5.41, 5.74) is 0. The van der Waals surface area contributed by atoms with Crippen molar-refractivity contribution in [3.05, 3.63) is 36.5 Å². The average molecular weight is 160 g/mol. The summed E-state index contributed by atoms with van der Waals surface area (Å²) in [4.78, 5) is 0. The van der Waals surface area contributed by atoms with Crippen LogP contribution in [0, 0.1) is 6.20 Å². The third-order valence-corrected chi connectivity index (χ3v) is 1.31. The molecule has 1 radical (unpaired) electrons. The molecule has 2 aromatic rings. The molecule has 59 valence electrons. The van der Waals surface area contributed by atoms with Crippen molar-refractivity contribution in [1.82, 2.24) is 15.4 Å². The van der Waals surface area contributed by atoms with Crippen LogP contribution in [0.4, 0.5) is 0 Å². The molecule has 0 unspecified atom stereocenters. The fourth-order valence-corrected chi connectivity index (χ4v) is 0.814. The maximum absolute atomic E-state index is 5.26. The largest absolute Gasteiger partial charge is 0.436 e. The Labute approximate surface area is 69.2 Å². The van der Waals surface area contributed by atoms with Gasteiger partial charge in [0, 0.05) is 0 Å². The normalized spacial score (nSPS) is 9.67. The number of H-pyrrole nitrogens is 1. The minimum atomic E-state index is 0.348. The maximum Gasteiger partial charge on any atom is 0.268 e. The van der Waals surface area contributed by atoms with Gasteiger partial charge in [0.25, 0.3) is 5.88 Å². The van der Waals surface area contributed by atoms with E-state index in [2.05, 4.69) is 21.6 Å². The van der Waals surface area contributed by atoms with Crippen LogP contribution in [-0.4, -0.2) is 15.4 Å². The third-order valence-electron chi connectivity index (χ3n) is 1.31. The van der Waals surface area contributed by atoms with Crippen LogP contribution in [0.5, 0.6) is 11.6 Å². The summed E-state index contributed by atoms with van der Waals surface area (Å²) in [6.45, 7) is 0. The molecule has 1 aromatic heterocycles. The molecule has 1 aromatic carbocycles. The zero-order chi connectivity index (χ0) is 8.23. The topological polar surface area (TPSA) is 50.8 Å². The Morgan fingerprint density at radius 3 is 2.75 bits per heavy atom. The van der Waals surface area contributed by atoms with Gasteiger partial charge in [-0.2, -0.15) is 0 Å². The highest BCUT2D eigenvalue weighted by atomic mass is 16.5. The van der Waals surface area contributed by atoms with Crippen LogP contribution in [0.1, 0.15) is 0 Å². The van der Waals surface area contributed by atoms with Gasteiger partial charge in [0.2, 0.25) is 0 Å². The van der Waals surface area contributed by atoms with Gasteiger partial charge in [-0.05, 0) is 12.1 Å². The van der Waals surface area contributed by atoms with Crippen molar-refractivity contribution in [2.24, 2.45) is 0 Å². The summed E-state index contributed by atoms with van der Waals surface area (Å²) in [6, 6.07) is 9.36. The minimum absolute atomic E-state index is 0.348. The highest BCUT2D eigenvalue weighted by Crippen LogP contribution is 2.15. The number of nitrogens with zero attached hydrogens (tertiary/aromatic N) is 2. The van der Waals surface area contributed by atoms with Crippen LogP contribution in [0.2, 0.25) is 0 Å². The number of hydrogen-bond donors (Lipinski definition) is 1. The van der Waals surface area contributed by atoms with Gasteiger partial charge in [-0.25, -0.2) is 0 Å². The number of nitrogens with one attached hydrogen (secondary N) is 1. The van der Waals surface area contributed by atoms with Crippen molar-refractivity contribution in [2.75, 3.05) is 0 Å². The predicted octanol–water partition coefficient (Wildman–Crippen LogP) is 1.40. The van der Waals surface area contributed by atoms with E-state index in [4.69, 9.17) is 4.74 Å². The van der Waals surface area contributed by atoms with E-state index in [1.54, 1.807) is 0 Å². The summed E-state index contributed by atoms with van der Waals surface area (Å²) < 4.78 is 5.26. The Bertz CT molecular complexity index is 330. The molecule has 0 aliphatic carbocycles. The molecule has 1 heterocycles. The standard InChI is InChI=1S/C8H6N3O/c1-2-4-7(5-3-1)12-8-6-9-11-10-8/h1-5H,(H,9,10,11). The Morgan fingerprint density at radius 2 is 2.08 bits per heavy atom. The fraction of sp³-hybridized carbons (Fsp3) is 0. The second kappa shape index (κ2) is 3.04. The number of aromatic amines is 1. The van der Waals surface area contributed by atoms with Crippen LogP contribution in [0.3, 0.4) is 0 Å². The number of para-hydroxylation sites is 1. The smallest absolute Gasteiger partial charge is 0.268 e. The van der Waals surface area contributed by atoms with E-state index in [-0.39, 0.29) is 0 Å². The quantitative estimate of drug-likeness (QED) is 0.722. The minimum Gasteiger partial charge on any atom is -0.436 e. The van der Waals surface area contributed by atoms with Crippen LogP contribution in [-0.2, 0) is 0 Å². The molecule has 0 aliphatic heterocycles. The first kappa shape index (κ1) is 6.84. The third kappa shape index (κ3) is 1.42. The second-order valence-corrected chi connectivity index (χ2v) is 2.16. The first-order chi connectivity index (χ1) is 5.95. The first-order valence-corrected chi connectivity index (χ1v) is 3.47. The van der Waals surface area contributed by atoms with Crippen molar-refractivity contribution in [2.45, 2.75) is 0 Å². The second-order valence-electron chi connectivity index (χ2n) is 2.16. The molecule has 4 nitrogen and oxygen atoms in total. The molecule has 0 fully saturated rings. The lowest BCUT2D eigenvalue weighted by Gasteiger charge is -1.97. The molecule has 2 rings (SSSR count). The van der Waals surface area contributed by atoms with E-state index >= 15 is 0 Å². The van der Waals surface area contributed by atoms with E-state index in [0.717, 1.165) is 5.75 Å². The van der Waals surface area contributed by atoms with Gasteiger partial charge >= 0.3 is 0 Å². The summed E-state index contributed by atoms with van der Waals surface area (Å²) in [5, 5.41) is 9.53. The van der Waals surface area contributed by atoms with Gasteiger partial charge in [0.1, 0.15) is 5.75 Å². The van der Waals surface area contributed by atoms with Gasteiger partial charge in [-0.3, -0.25) is 5.10 Å². The summed E-state index contributed by atoms with van der Waals surface area (Å²) in [7, 11) is 0. The van der Waals surface area contributed by atoms with Crippen LogP contribution in [0.15, 0.2) is 30.3 Å². The number of hydrogen-bond acceptors (Lipinski definition) is 3. The number of rotatable bonds is 2. The van der Waals surface area contributed by atoms with Gasteiger partial charge in [-0.15, -0.1) is 0 Å². The molecule has 12 heavy (non-hydrogen) atoms. The van der Waals surface area contributed by atoms with Gasteiger partial charge < -0.3 is 4.74 Å². The number of aromatic nitrogens is 3. The summed E-state index contributed by atoms with van der Waals surface area (Å²) in [5.74, 6) is 1.07. The number of benzene rings is 1. The van der Waals surface area contributed by atoms with Crippen LogP contribution in [0.25, 0.3) is 0 Å². The fourth-order valence-electron chi connectivity index (χ4n) is 0.814. The van der Waals surface area contributed by atoms with Crippen molar-refractivity contribution in [3.63, 3.8) is 0 Å². The van der Waals surface area contributed by atoms with Crippen LogP contribution >= 0.6 is 0 Å². The Balaban J connectivity index is 2.15. The van der Waals surface area contributed by atoms with E-state index in [1.807, 2.05) is 30.3 Å². The van der Waals surface area contributed by atoms with E-state index in [9.17, 15) is 0 Å². The molecule has 0 atom stereocenters. The predicted molar refractivity (Wildman–Crippen MR) is 41.7 cm³/mol. The monoisotopic (exact) mass is 160 g/mol. The zero-order valence-electron chi connectivity index (χ0n) is 6.19. The van der Waals surface area contributed by atoms with Gasteiger partial charge in [0.05, 0.1) is 0 Å². The summed E-state index contributed by atoms with van der Waals surface area (Å²) in [6.07, 6.45) is 2.62. The highest BCUT2D eigenvalue weighted by Gasteiger charge is 1.97. The average Bonchev–Trinajstić information content (AvgIpc) is 2.59. The van der Waals surface area contributed by atoms with Gasteiger partial charge in [-0.1, -0.05) is 28.5 Å². The summed E-state index contributed by atoms with van der Waals surface area (Å²) >= 11 is 0. The molecule has 0 saturated heterocycles. The Morgan fingerprint density at radius 1 is 1.25 bits per heavy atom. The Hall–Kier alpha value is -1.84. The SMILES string of the molecule is [c]1[nH]nnc1Oc1ccccc1. The Kier molecular flexibility index (Phi) is 1.74. The van der Waals surface area contributed by atoms with E-state index in [1.165, 1.54) is 0 Å². The highest BCUT2D eigenvalue weighted by molar-refractivity contribution is 5.24. The molecular formula is C8H6N3O. The molecule has 0 saturated carbocycles. The molecule has 0 amide bonds. The molecule has 0 spiro atoms. The van der Waals surface area contributed by atoms with Crippen molar-refractivity contribution in [1.29, 1.82) is 0 Å². The van der Waals surface area contributed by atoms with Crippen LogP contribution < -0.4 is 4.74 Å². The van der Waals surface area contributed by atoms with Crippen molar-refractivity contribution < 1.29 is 4.74 Å². The lowest BCUT2D eigenvalue weighted by atomic mass is 10.3. The first-order valence-electron chi connectivity index (χ1n) is 3.47. The van der Waals surface area contributed by atoms with E-state index < -0.39 is 0 Å². The van der Waals surface area contributed by atoms with Gasteiger partial charge in [0.15, 0.2) is 6.20 Å². The lowest BCUT2D eigenvalue weighted by Crippen LogP contribution is -1.82. The zero-order valence-corrected chi connectivity index (χ0v) is 6.19. The molecule has 4 heteroatoms. The molecule has 1 N–H and O–H groups in total. The van der Waals surface area contributed by atoms with E-state index in [0.29, 0.717) is 5.88 Å². The molecule has 0 aliphatic rings. The maximum atomic E-state index is 5.26. The van der Waals surface area contributed by atoms with Crippen molar-refractivity contribution >= 4 is 0 Å². The molecular weight excluding hydrogens is 154 g/mol. The molecule has 0 bridgehead atoms. The number of ether oxygens (including phenoxy) is 1.